The molecule has 3 N–H and O–H groups in total. The highest BCUT2D eigenvalue weighted by Gasteiger charge is 2.37. The first-order valence-electron chi connectivity index (χ1n) is 5.75. The van der Waals surface area contributed by atoms with Gasteiger partial charge in [0.1, 0.15) is 10.9 Å². The number of sulfonamides is 1. The Hall–Kier alpha value is -1.41. The molecule has 0 radical (unpaired) electrons. The van der Waals surface area contributed by atoms with Crippen LogP contribution >= 0.6 is 0 Å². The molecule has 0 aromatic carbocycles. The first kappa shape index (κ1) is 13.0. The molecular formula is C10H16N4O3S. The van der Waals surface area contributed by atoms with E-state index < -0.39 is 22.0 Å². The quantitative estimate of drug-likeness (QED) is 0.790. The Morgan fingerprint density at radius 2 is 2.28 bits per heavy atom. The van der Waals surface area contributed by atoms with Crippen molar-refractivity contribution in [1.29, 1.82) is 0 Å². The third-order valence-electron chi connectivity index (χ3n) is 3.15. The van der Waals surface area contributed by atoms with Crippen molar-refractivity contribution in [1.82, 2.24) is 14.5 Å². The number of aryl methyl sites for hydroxylation is 1. The fourth-order valence-electron chi connectivity index (χ4n) is 2.20. The number of nitrogens with one attached hydrogen (secondary N) is 1. The molecule has 2 rings (SSSR count). The Balaban J connectivity index is 2.39. The molecule has 1 amide bonds. The first-order chi connectivity index (χ1) is 8.44. The average Bonchev–Trinajstić information content (AvgIpc) is 2.76. The van der Waals surface area contributed by atoms with Crippen LogP contribution in [0.15, 0.2) is 11.1 Å². The van der Waals surface area contributed by atoms with Gasteiger partial charge in [-0.15, -0.1) is 0 Å². The third kappa shape index (κ3) is 2.13. The maximum Gasteiger partial charge on any atom is 0.247 e. The lowest BCUT2D eigenvalue weighted by Gasteiger charge is -2.32. The monoisotopic (exact) mass is 272 g/mol. The van der Waals surface area contributed by atoms with Gasteiger partial charge in [-0.2, -0.15) is 9.40 Å². The van der Waals surface area contributed by atoms with Gasteiger partial charge in [-0.25, -0.2) is 8.42 Å². The Bertz CT molecular complexity index is 551. The van der Waals surface area contributed by atoms with Gasteiger partial charge in [-0.3, -0.25) is 9.89 Å². The van der Waals surface area contributed by atoms with Crippen molar-refractivity contribution in [3.63, 3.8) is 0 Å². The van der Waals surface area contributed by atoms with E-state index in [0.29, 0.717) is 18.7 Å². The smallest absolute Gasteiger partial charge is 0.247 e. The highest BCUT2D eigenvalue weighted by Crippen LogP contribution is 2.26. The molecule has 0 bridgehead atoms. The summed E-state index contributed by atoms with van der Waals surface area (Å²) < 4.78 is 26.1. The van der Waals surface area contributed by atoms with E-state index in [1.807, 2.05) is 0 Å². The van der Waals surface area contributed by atoms with Gasteiger partial charge in [0.25, 0.3) is 0 Å². The Labute approximate surface area is 105 Å². The molecule has 2 heterocycles. The molecule has 1 aromatic rings. The van der Waals surface area contributed by atoms with E-state index in [4.69, 9.17) is 5.73 Å². The number of hydrogen-bond acceptors (Lipinski definition) is 4. The third-order valence-corrected chi connectivity index (χ3v) is 5.17. The van der Waals surface area contributed by atoms with Gasteiger partial charge >= 0.3 is 0 Å². The molecule has 1 atom stereocenters. The summed E-state index contributed by atoms with van der Waals surface area (Å²) in [6, 6.07) is -0.752. The molecule has 1 aliphatic heterocycles. The summed E-state index contributed by atoms with van der Waals surface area (Å²) in [5.41, 5.74) is 5.74. The number of carbonyl (C=O) groups is 1. The van der Waals surface area contributed by atoms with E-state index >= 15 is 0 Å². The van der Waals surface area contributed by atoms with E-state index in [1.165, 1.54) is 10.5 Å². The highest BCUT2D eigenvalue weighted by molar-refractivity contribution is 7.89. The lowest BCUT2D eigenvalue weighted by atomic mass is 10.0. The number of nitrogens with two attached hydrogens (primary N) is 1. The molecule has 8 heteroatoms. The van der Waals surface area contributed by atoms with Gasteiger partial charge in [0, 0.05) is 6.54 Å². The van der Waals surface area contributed by atoms with Crippen LogP contribution in [0.3, 0.4) is 0 Å². The SMILES string of the molecule is Cc1[nH]ncc1S(=O)(=O)N1CCCCC1C(N)=O. The van der Waals surface area contributed by atoms with Crippen molar-refractivity contribution in [3.8, 4) is 0 Å². The molecule has 0 aliphatic carbocycles. The molecular weight excluding hydrogens is 256 g/mol. The zero-order valence-corrected chi connectivity index (χ0v) is 10.9. The average molecular weight is 272 g/mol. The molecule has 7 nitrogen and oxygen atoms in total. The van der Waals surface area contributed by atoms with Crippen molar-refractivity contribution in [2.45, 2.75) is 37.1 Å². The van der Waals surface area contributed by atoms with Gasteiger partial charge in [0.05, 0.1) is 11.9 Å². The second-order valence-corrected chi connectivity index (χ2v) is 6.25. The molecule has 100 valence electrons. The van der Waals surface area contributed by atoms with Crippen LogP contribution < -0.4 is 5.73 Å². The summed E-state index contributed by atoms with van der Waals surface area (Å²) in [5, 5.41) is 6.29. The minimum absolute atomic E-state index is 0.107. The maximum absolute atomic E-state index is 12.4. The van der Waals surface area contributed by atoms with Crippen molar-refractivity contribution in [2.24, 2.45) is 5.73 Å². The number of hydrogen-bond donors (Lipinski definition) is 2. The molecule has 0 spiro atoms. The largest absolute Gasteiger partial charge is 0.368 e. The van der Waals surface area contributed by atoms with Crippen molar-refractivity contribution in [3.05, 3.63) is 11.9 Å². The second kappa shape index (κ2) is 4.69. The van der Waals surface area contributed by atoms with Crippen LogP contribution in [0.5, 0.6) is 0 Å². The van der Waals surface area contributed by atoms with Gasteiger partial charge in [-0.05, 0) is 19.8 Å². The number of rotatable bonds is 3. The number of H-pyrrole nitrogens is 1. The fourth-order valence-corrected chi connectivity index (χ4v) is 3.99. The zero-order chi connectivity index (χ0) is 13.3. The van der Waals surface area contributed by atoms with E-state index in [2.05, 4.69) is 10.2 Å². The number of aromatic nitrogens is 2. The van der Waals surface area contributed by atoms with E-state index in [1.54, 1.807) is 6.92 Å². The van der Waals surface area contributed by atoms with Crippen LogP contribution in [0.2, 0.25) is 0 Å². The van der Waals surface area contributed by atoms with E-state index in [9.17, 15) is 13.2 Å². The van der Waals surface area contributed by atoms with Gasteiger partial charge < -0.3 is 5.73 Å². The lowest BCUT2D eigenvalue weighted by Crippen LogP contribution is -2.50. The Morgan fingerprint density at radius 3 is 2.83 bits per heavy atom. The van der Waals surface area contributed by atoms with Crippen molar-refractivity contribution in [2.75, 3.05) is 6.54 Å². The molecule has 1 fully saturated rings. The molecule has 1 aliphatic rings. The van der Waals surface area contributed by atoms with Crippen LogP contribution in [0.25, 0.3) is 0 Å². The number of piperidine rings is 1. The fraction of sp³-hybridized carbons (Fsp3) is 0.600. The number of aromatic amines is 1. The maximum atomic E-state index is 12.4. The van der Waals surface area contributed by atoms with Gasteiger partial charge in [-0.1, -0.05) is 6.42 Å². The standard InChI is InChI=1S/C10H16N4O3S/c1-7-9(6-12-13-7)18(16,17)14-5-3-2-4-8(14)10(11)15/h6,8H,2-5H2,1H3,(H2,11,15)(H,12,13). The molecule has 18 heavy (non-hydrogen) atoms. The summed E-state index contributed by atoms with van der Waals surface area (Å²) in [7, 11) is -3.70. The predicted octanol–water partition coefficient (Wildman–Crippen LogP) is -0.253. The molecule has 1 unspecified atom stereocenters. The molecule has 0 saturated carbocycles. The Kier molecular flexibility index (Phi) is 3.40. The summed E-state index contributed by atoms with van der Waals surface area (Å²) in [6.07, 6.45) is 3.28. The van der Waals surface area contributed by atoms with Crippen LogP contribution in [-0.2, 0) is 14.8 Å². The van der Waals surface area contributed by atoms with E-state index in [-0.39, 0.29) is 4.90 Å². The number of carbonyl (C=O) groups excluding carboxylic acids is 1. The number of nitrogens with zero attached hydrogens (tertiary/aromatic N) is 2. The van der Waals surface area contributed by atoms with Crippen LogP contribution in [0, 0.1) is 6.92 Å². The molecule has 1 aromatic heterocycles. The van der Waals surface area contributed by atoms with Crippen LogP contribution in [0.1, 0.15) is 25.0 Å². The Morgan fingerprint density at radius 1 is 1.56 bits per heavy atom. The highest BCUT2D eigenvalue weighted by atomic mass is 32.2. The second-order valence-electron chi connectivity index (χ2n) is 4.39. The molecule has 1 saturated heterocycles. The minimum atomic E-state index is -3.70. The summed E-state index contributed by atoms with van der Waals surface area (Å²) >= 11 is 0. The lowest BCUT2D eigenvalue weighted by molar-refractivity contribution is -0.122. The topological polar surface area (TPSA) is 109 Å². The van der Waals surface area contributed by atoms with E-state index in [0.717, 1.165) is 12.8 Å². The first-order valence-corrected chi connectivity index (χ1v) is 7.19. The summed E-state index contributed by atoms with van der Waals surface area (Å²) in [4.78, 5) is 11.5. The summed E-state index contributed by atoms with van der Waals surface area (Å²) in [5.74, 6) is -0.598. The normalized spacial score (nSPS) is 21.9. The van der Waals surface area contributed by atoms with Gasteiger partial charge in [0.2, 0.25) is 15.9 Å². The number of primary amides is 1. The summed E-state index contributed by atoms with van der Waals surface area (Å²) in [6.45, 7) is 1.95. The predicted molar refractivity (Wildman–Crippen MR) is 64.0 cm³/mol. The van der Waals surface area contributed by atoms with Crippen molar-refractivity contribution >= 4 is 15.9 Å². The van der Waals surface area contributed by atoms with Crippen LogP contribution in [0.4, 0.5) is 0 Å². The zero-order valence-electron chi connectivity index (χ0n) is 10.1. The van der Waals surface area contributed by atoms with Crippen molar-refractivity contribution < 1.29 is 13.2 Å². The van der Waals surface area contributed by atoms with Gasteiger partial charge in [0.15, 0.2) is 0 Å². The minimum Gasteiger partial charge on any atom is -0.368 e. The van der Waals surface area contributed by atoms with Crippen LogP contribution in [-0.4, -0.2) is 41.4 Å². The number of amides is 1.